The van der Waals surface area contributed by atoms with Gasteiger partial charge in [0.1, 0.15) is 5.01 Å². The predicted molar refractivity (Wildman–Crippen MR) is 71.7 cm³/mol. The maximum atomic E-state index is 12.0. The van der Waals surface area contributed by atoms with Gasteiger partial charge in [-0.1, -0.05) is 6.92 Å². The molecule has 6 nitrogen and oxygen atoms in total. The summed E-state index contributed by atoms with van der Waals surface area (Å²) in [5, 5.41) is 3.94. The van der Waals surface area contributed by atoms with Crippen LogP contribution in [0.15, 0.2) is 6.20 Å². The molecule has 1 saturated heterocycles. The van der Waals surface area contributed by atoms with E-state index in [2.05, 4.69) is 21.9 Å². The molecule has 0 bridgehead atoms. The van der Waals surface area contributed by atoms with Crippen LogP contribution in [0.25, 0.3) is 0 Å². The molecule has 102 valence electrons. The molecule has 2 N–H and O–H groups in total. The van der Waals surface area contributed by atoms with Crippen LogP contribution in [0.3, 0.4) is 0 Å². The molecule has 1 aliphatic rings. The maximum absolute atomic E-state index is 12.0. The second kappa shape index (κ2) is 6.07. The number of aromatic nitrogens is 1. The van der Waals surface area contributed by atoms with Gasteiger partial charge in [-0.2, -0.15) is 17.4 Å². The van der Waals surface area contributed by atoms with Crippen molar-refractivity contribution in [3.63, 3.8) is 0 Å². The summed E-state index contributed by atoms with van der Waals surface area (Å²) in [4.78, 5) is 5.37. The number of rotatable bonds is 5. The third kappa shape index (κ3) is 3.48. The number of piperazine rings is 1. The summed E-state index contributed by atoms with van der Waals surface area (Å²) in [7, 11) is -3.37. The highest BCUT2D eigenvalue weighted by molar-refractivity contribution is 7.87. The molecule has 1 fully saturated rings. The highest BCUT2D eigenvalue weighted by Crippen LogP contribution is 2.13. The van der Waals surface area contributed by atoms with Gasteiger partial charge in [-0.25, -0.2) is 4.98 Å². The van der Waals surface area contributed by atoms with Crippen molar-refractivity contribution in [1.29, 1.82) is 0 Å². The average molecular weight is 290 g/mol. The molecule has 0 unspecified atom stereocenters. The fourth-order valence-corrected chi connectivity index (χ4v) is 3.78. The number of nitrogens with zero attached hydrogens (tertiary/aromatic N) is 2. The van der Waals surface area contributed by atoms with Gasteiger partial charge in [-0.05, 0) is 6.42 Å². The highest BCUT2D eigenvalue weighted by atomic mass is 32.2. The minimum atomic E-state index is -3.37. The van der Waals surface area contributed by atoms with Crippen LogP contribution in [-0.2, 0) is 23.2 Å². The lowest BCUT2D eigenvalue weighted by atomic mass is 10.4. The second-order valence-electron chi connectivity index (χ2n) is 4.05. The molecule has 2 heterocycles. The summed E-state index contributed by atoms with van der Waals surface area (Å²) in [5.41, 5.74) is 0. The Bertz CT molecular complexity index is 480. The molecular weight excluding hydrogens is 272 g/mol. The summed E-state index contributed by atoms with van der Waals surface area (Å²) < 4.78 is 28.1. The molecule has 0 aromatic carbocycles. The molecule has 0 radical (unpaired) electrons. The van der Waals surface area contributed by atoms with Crippen LogP contribution in [0.1, 0.15) is 16.8 Å². The molecule has 0 amide bonds. The first-order valence-electron chi connectivity index (χ1n) is 6.01. The van der Waals surface area contributed by atoms with Gasteiger partial charge >= 0.3 is 0 Å². The monoisotopic (exact) mass is 290 g/mol. The SMILES string of the molecule is CCc1cnc(CNS(=O)(=O)N2CCNCC2)s1. The van der Waals surface area contributed by atoms with E-state index in [4.69, 9.17) is 0 Å². The fourth-order valence-electron chi connectivity index (χ4n) is 1.72. The molecule has 0 aliphatic carbocycles. The van der Waals surface area contributed by atoms with Gasteiger partial charge in [0.05, 0.1) is 6.54 Å². The molecular formula is C10H18N4O2S2. The van der Waals surface area contributed by atoms with Gasteiger partial charge in [-0.3, -0.25) is 0 Å². The number of aryl methyl sites for hydroxylation is 1. The van der Waals surface area contributed by atoms with E-state index in [0.29, 0.717) is 26.2 Å². The Labute approximate surface area is 112 Å². The Hall–Kier alpha value is -0.540. The first kappa shape index (κ1) is 13.9. The molecule has 1 aromatic rings. The largest absolute Gasteiger partial charge is 0.314 e. The Morgan fingerprint density at radius 3 is 2.83 bits per heavy atom. The first-order chi connectivity index (χ1) is 8.62. The van der Waals surface area contributed by atoms with Crippen LogP contribution in [0.5, 0.6) is 0 Å². The van der Waals surface area contributed by atoms with Gasteiger partial charge in [-0.15, -0.1) is 11.3 Å². The average Bonchev–Trinajstić information content (AvgIpc) is 2.86. The van der Waals surface area contributed by atoms with Crippen LogP contribution in [-0.4, -0.2) is 43.9 Å². The van der Waals surface area contributed by atoms with Crippen molar-refractivity contribution in [3.8, 4) is 0 Å². The number of nitrogens with one attached hydrogen (secondary N) is 2. The minimum Gasteiger partial charge on any atom is -0.314 e. The molecule has 0 saturated carbocycles. The molecule has 8 heteroatoms. The van der Waals surface area contributed by atoms with Crippen LogP contribution in [0, 0.1) is 0 Å². The number of hydrogen-bond acceptors (Lipinski definition) is 5. The van der Waals surface area contributed by atoms with Crippen molar-refractivity contribution >= 4 is 21.5 Å². The van der Waals surface area contributed by atoms with Crippen LogP contribution >= 0.6 is 11.3 Å². The third-order valence-corrected chi connectivity index (χ3v) is 5.47. The van der Waals surface area contributed by atoms with Gasteiger partial charge < -0.3 is 5.32 Å². The van der Waals surface area contributed by atoms with Gasteiger partial charge in [0.2, 0.25) is 0 Å². The Balaban J connectivity index is 1.91. The zero-order valence-electron chi connectivity index (χ0n) is 10.3. The molecule has 2 rings (SSSR count). The summed E-state index contributed by atoms with van der Waals surface area (Å²) in [6, 6.07) is 0. The smallest absolute Gasteiger partial charge is 0.279 e. The van der Waals surface area contributed by atoms with Crippen LogP contribution < -0.4 is 10.0 Å². The summed E-state index contributed by atoms with van der Waals surface area (Å²) in [6.07, 6.45) is 2.74. The number of hydrogen-bond donors (Lipinski definition) is 2. The van der Waals surface area contributed by atoms with Crippen molar-refractivity contribution in [2.75, 3.05) is 26.2 Å². The van der Waals surface area contributed by atoms with Gasteiger partial charge in [0.25, 0.3) is 10.2 Å². The summed E-state index contributed by atoms with van der Waals surface area (Å²) in [6.45, 7) is 4.79. The van der Waals surface area contributed by atoms with E-state index < -0.39 is 10.2 Å². The van der Waals surface area contributed by atoms with E-state index in [9.17, 15) is 8.42 Å². The second-order valence-corrected chi connectivity index (χ2v) is 7.00. The summed E-state index contributed by atoms with van der Waals surface area (Å²) >= 11 is 1.55. The lowest BCUT2D eigenvalue weighted by Gasteiger charge is -2.26. The summed E-state index contributed by atoms with van der Waals surface area (Å²) in [5.74, 6) is 0. The van der Waals surface area contributed by atoms with Crippen LogP contribution in [0.4, 0.5) is 0 Å². The third-order valence-electron chi connectivity index (χ3n) is 2.77. The normalized spacial score (nSPS) is 18.1. The maximum Gasteiger partial charge on any atom is 0.279 e. The van der Waals surface area contributed by atoms with E-state index in [0.717, 1.165) is 11.4 Å². The quantitative estimate of drug-likeness (QED) is 0.797. The minimum absolute atomic E-state index is 0.275. The van der Waals surface area contributed by atoms with Crippen LogP contribution in [0.2, 0.25) is 0 Å². The molecule has 0 spiro atoms. The Morgan fingerprint density at radius 2 is 2.22 bits per heavy atom. The Kier molecular flexibility index (Phi) is 4.68. The van der Waals surface area contributed by atoms with E-state index in [1.54, 1.807) is 17.5 Å². The van der Waals surface area contributed by atoms with E-state index in [1.807, 2.05) is 0 Å². The first-order valence-corrected chi connectivity index (χ1v) is 8.26. The van der Waals surface area contributed by atoms with Crippen molar-refractivity contribution in [1.82, 2.24) is 19.3 Å². The van der Waals surface area contributed by atoms with Gasteiger partial charge in [0, 0.05) is 37.3 Å². The van der Waals surface area contributed by atoms with E-state index >= 15 is 0 Å². The molecule has 0 atom stereocenters. The number of thiazole rings is 1. The lowest BCUT2D eigenvalue weighted by Crippen LogP contribution is -2.50. The van der Waals surface area contributed by atoms with Crippen molar-refractivity contribution in [3.05, 3.63) is 16.1 Å². The van der Waals surface area contributed by atoms with Crippen molar-refractivity contribution in [2.45, 2.75) is 19.9 Å². The van der Waals surface area contributed by atoms with E-state index in [-0.39, 0.29) is 6.54 Å². The fraction of sp³-hybridized carbons (Fsp3) is 0.700. The van der Waals surface area contributed by atoms with Gasteiger partial charge in [0.15, 0.2) is 0 Å². The lowest BCUT2D eigenvalue weighted by molar-refractivity contribution is 0.354. The zero-order chi connectivity index (χ0) is 13.0. The van der Waals surface area contributed by atoms with E-state index in [1.165, 1.54) is 9.18 Å². The zero-order valence-corrected chi connectivity index (χ0v) is 12.0. The highest BCUT2D eigenvalue weighted by Gasteiger charge is 2.23. The van der Waals surface area contributed by atoms with Crippen molar-refractivity contribution in [2.24, 2.45) is 0 Å². The molecule has 1 aromatic heterocycles. The topological polar surface area (TPSA) is 74.3 Å². The standard InChI is InChI=1S/C10H18N4O2S2/c1-2-9-7-12-10(17-9)8-13-18(15,16)14-5-3-11-4-6-14/h7,11,13H,2-6,8H2,1H3. The Morgan fingerprint density at radius 1 is 1.50 bits per heavy atom. The van der Waals surface area contributed by atoms with Crippen molar-refractivity contribution < 1.29 is 8.42 Å². The molecule has 1 aliphatic heterocycles. The molecule has 18 heavy (non-hydrogen) atoms. The predicted octanol–water partition coefficient (Wildman–Crippen LogP) is -0.0549.